The minimum absolute atomic E-state index is 0.00985. The second-order valence-electron chi connectivity index (χ2n) is 5.59. The molecule has 2 N–H and O–H groups in total. The summed E-state index contributed by atoms with van der Waals surface area (Å²) in [5, 5.41) is 0. The van der Waals surface area contributed by atoms with Gasteiger partial charge in [-0.05, 0) is 30.7 Å². The van der Waals surface area contributed by atoms with E-state index in [-0.39, 0.29) is 11.3 Å². The Kier molecular flexibility index (Phi) is 4.54. The molecule has 0 bridgehead atoms. The zero-order valence-corrected chi connectivity index (χ0v) is 10.7. The summed E-state index contributed by atoms with van der Waals surface area (Å²) in [5.41, 5.74) is 5.68. The van der Waals surface area contributed by atoms with Crippen molar-refractivity contribution in [2.45, 2.75) is 33.1 Å². The van der Waals surface area contributed by atoms with E-state index in [1.165, 1.54) is 0 Å². The van der Waals surface area contributed by atoms with Gasteiger partial charge in [-0.25, -0.2) is 0 Å². The summed E-state index contributed by atoms with van der Waals surface area (Å²) in [7, 11) is 1.87. The molecule has 92 valence electrons. The van der Waals surface area contributed by atoms with Gasteiger partial charge >= 0.3 is 0 Å². The largest absolute Gasteiger partial charge is 0.345 e. The topological polar surface area (TPSA) is 46.3 Å². The highest BCUT2D eigenvalue weighted by molar-refractivity contribution is 5.76. The van der Waals surface area contributed by atoms with Gasteiger partial charge in [0.25, 0.3) is 0 Å². The lowest BCUT2D eigenvalue weighted by atomic mass is 9.93. The van der Waals surface area contributed by atoms with E-state index in [9.17, 15) is 4.79 Å². The second kappa shape index (κ2) is 5.48. The van der Waals surface area contributed by atoms with Crippen LogP contribution in [0.15, 0.2) is 12.2 Å². The van der Waals surface area contributed by atoms with E-state index in [4.69, 9.17) is 5.73 Å². The maximum absolute atomic E-state index is 11.9. The fourth-order valence-corrected chi connectivity index (χ4v) is 2.04. The third kappa shape index (κ3) is 3.97. The van der Waals surface area contributed by atoms with Gasteiger partial charge in [-0.3, -0.25) is 4.79 Å². The van der Waals surface area contributed by atoms with Gasteiger partial charge in [-0.1, -0.05) is 26.0 Å². The molecule has 3 heteroatoms. The Balaban J connectivity index is 2.38. The maximum atomic E-state index is 11.9. The summed E-state index contributed by atoms with van der Waals surface area (Å²) in [6.45, 7) is 5.52. The van der Waals surface area contributed by atoms with Gasteiger partial charge < -0.3 is 10.6 Å². The smallest absolute Gasteiger partial charge is 0.222 e. The summed E-state index contributed by atoms with van der Waals surface area (Å²) in [6, 6.07) is 0. The molecule has 0 saturated carbocycles. The molecular formula is C13H24N2O. The molecule has 1 amide bonds. The summed E-state index contributed by atoms with van der Waals surface area (Å²) in [5.74, 6) is 0.689. The summed E-state index contributed by atoms with van der Waals surface area (Å²) in [6.07, 6.45) is 7.23. The fraction of sp³-hybridized carbons (Fsp3) is 0.769. The molecule has 0 aliphatic heterocycles. The van der Waals surface area contributed by atoms with Crippen molar-refractivity contribution in [1.82, 2.24) is 4.90 Å². The van der Waals surface area contributed by atoms with Crippen LogP contribution in [-0.4, -0.2) is 30.9 Å². The van der Waals surface area contributed by atoms with Gasteiger partial charge in [0.2, 0.25) is 5.91 Å². The van der Waals surface area contributed by atoms with Crippen LogP contribution in [0.25, 0.3) is 0 Å². The summed E-state index contributed by atoms with van der Waals surface area (Å²) < 4.78 is 0. The highest BCUT2D eigenvalue weighted by atomic mass is 16.2. The Morgan fingerprint density at radius 3 is 2.75 bits per heavy atom. The Hall–Kier alpha value is -0.830. The Morgan fingerprint density at radius 2 is 2.25 bits per heavy atom. The standard InChI is InChI=1S/C13H24N2O/c1-13(2,9-14)10-15(3)12(16)8-11-6-4-5-7-11/h4,6,11H,5,7-10,14H2,1-3H3. The van der Waals surface area contributed by atoms with Crippen molar-refractivity contribution >= 4 is 5.91 Å². The number of nitrogens with zero attached hydrogens (tertiary/aromatic N) is 1. The van der Waals surface area contributed by atoms with E-state index in [1.54, 1.807) is 0 Å². The number of rotatable bonds is 5. The van der Waals surface area contributed by atoms with Crippen LogP contribution in [0.5, 0.6) is 0 Å². The van der Waals surface area contributed by atoms with Crippen molar-refractivity contribution in [2.75, 3.05) is 20.1 Å². The van der Waals surface area contributed by atoms with Gasteiger partial charge in [0.1, 0.15) is 0 Å². The lowest BCUT2D eigenvalue weighted by molar-refractivity contribution is -0.131. The van der Waals surface area contributed by atoms with Crippen molar-refractivity contribution in [3.05, 3.63) is 12.2 Å². The van der Waals surface area contributed by atoms with E-state index < -0.39 is 0 Å². The van der Waals surface area contributed by atoms with Crippen LogP contribution in [0.4, 0.5) is 0 Å². The average Bonchev–Trinajstić information content (AvgIpc) is 2.69. The number of hydrogen-bond donors (Lipinski definition) is 1. The van der Waals surface area contributed by atoms with Crippen molar-refractivity contribution in [1.29, 1.82) is 0 Å². The molecule has 0 heterocycles. The van der Waals surface area contributed by atoms with Crippen LogP contribution >= 0.6 is 0 Å². The van der Waals surface area contributed by atoms with Crippen molar-refractivity contribution < 1.29 is 4.79 Å². The molecule has 1 rings (SSSR count). The van der Waals surface area contributed by atoms with Crippen molar-refractivity contribution in [3.63, 3.8) is 0 Å². The van der Waals surface area contributed by atoms with Gasteiger partial charge in [-0.15, -0.1) is 0 Å². The molecule has 1 unspecified atom stereocenters. The SMILES string of the molecule is CN(CC(C)(C)CN)C(=O)CC1C=CCC1. The molecule has 0 aromatic heterocycles. The van der Waals surface area contributed by atoms with E-state index in [2.05, 4.69) is 26.0 Å². The normalized spacial score (nSPS) is 20.1. The first-order chi connectivity index (χ1) is 7.44. The maximum Gasteiger partial charge on any atom is 0.222 e. The summed E-state index contributed by atoms with van der Waals surface area (Å²) >= 11 is 0. The highest BCUT2D eigenvalue weighted by Crippen LogP contribution is 2.22. The van der Waals surface area contributed by atoms with E-state index >= 15 is 0 Å². The Bertz CT molecular complexity index is 271. The molecule has 0 fully saturated rings. The summed E-state index contributed by atoms with van der Waals surface area (Å²) in [4.78, 5) is 13.8. The second-order valence-corrected chi connectivity index (χ2v) is 5.59. The minimum Gasteiger partial charge on any atom is -0.345 e. The number of amides is 1. The minimum atomic E-state index is 0.00985. The lowest BCUT2D eigenvalue weighted by Gasteiger charge is -2.29. The van der Waals surface area contributed by atoms with Crippen molar-refractivity contribution in [3.8, 4) is 0 Å². The number of carbonyl (C=O) groups excluding carboxylic acids is 1. The molecule has 0 aromatic rings. The van der Waals surface area contributed by atoms with Crippen LogP contribution in [0.3, 0.4) is 0 Å². The average molecular weight is 224 g/mol. The third-order valence-electron chi connectivity index (χ3n) is 3.19. The molecule has 1 atom stereocenters. The van der Waals surface area contributed by atoms with E-state index in [0.29, 0.717) is 18.9 Å². The number of carbonyl (C=O) groups is 1. The molecule has 3 nitrogen and oxygen atoms in total. The van der Waals surface area contributed by atoms with Gasteiger partial charge in [0.05, 0.1) is 0 Å². The zero-order valence-electron chi connectivity index (χ0n) is 10.7. The third-order valence-corrected chi connectivity index (χ3v) is 3.19. The molecule has 1 aliphatic rings. The molecule has 0 radical (unpaired) electrons. The highest BCUT2D eigenvalue weighted by Gasteiger charge is 2.22. The molecular weight excluding hydrogens is 200 g/mol. The predicted octanol–water partition coefficient (Wildman–Crippen LogP) is 1.79. The first kappa shape index (κ1) is 13.2. The molecule has 0 aromatic carbocycles. The van der Waals surface area contributed by atoms with Crippen LogP contribution in [-0.2, 0) is 4.79 Å². The monoisotopic (exact) mass is 224 g/mol. The van der Waals surface area contributed by atoms with Crippen molar-refractivity contribution in [2.24, 2.45) is 17.1 Å². The number of hydrogen-bond acceptors (Lipinski definition) is 2. The van der Waals surface area contributed by atoms with Crippen LogP contribution < -0.4 is 5.73 Å². The zero-order chi connectivity index (χ0) is 12.2. The van der Waals surface area contributed by atoms with E-state index in [0.717, 1.165) is 19.4 Å². The quantitative estimate of drug-likeness (QED) is 0.724. The van der Waals surface area contributed by atoms with Crippen LogP contribution in [0.1, 0.15) is 33.1 Å². The van der Waals surface area contributed by atoms with Gasteiger partial charge in [0, 0.05) is 20.0 Å². The van der Waals surface area contributed by atoms with Crippen LogP contribution in [0, 0.1) is 11.3 Å². The Morgan fingerprint density at radius 1 is 1.56 bits per heavy atom. The van der Waals surface area contributed by atoms with Gasteiger partial charge in [0.15, 0.2) is 0 Å². The predicted molar refractivity (Wildman–Crippen MR) is 67.0 cm³/mol. The lowest BCUT2D eigenvalue weighted by Crippen LogP contribution is -2.40. The Labute approximate surface area is 98.7 Å². The molecule has 0 spiro atoms. The van der Waals surface area contributed by atoms with Gasteiger partial charge in [-0.2, -0.15) is 0 Å². The first-order valence-electron chi connectivity index (χ1n) is 6.05. The number of allylic oxidation sites excluding steroid dienone is 2. The van der Waals surface area contributed by atoms with Crippen LogP contribution in [0.2, 0.25) is 0 Å². The molecule has 1 aliphatic carbocycles. The first-order valence-corrected chi connectivity index (χ1v) is 6.05. The van der Waals surface area contributed by atoms with E-state index in [1.807, 2.05) is 11.9 Å². The number of nitrogens with two attached hydrogens (primary N) is 1. The molecule has 0 saturated heterocycles. The molecule has 16 heavy (non-hydrogen) atoms. The fourth-order valence-electron chi connectivity index (χ4n) is 2.04.